The summed E-state index contributed by atoms with van der Waals surface area (Å²) in [5.41, 5.74) is 1.95. The van der Waals surface area contributed by atoms with Crippen molar-refractivity contribution >= 4 is 29.3 Å². The number of hydrogen-bond donors (Lipinski definition) is 2. The summed E-state index contributed by atoms with van der Waals surface area (Å²) >= 11 is 1.29. The quantitative estimate of drug-likeness (QED) is 0.520. The molecule has 33 heavy (non-hydrogen) atoms. The number of thioether (sulfide) groups is 1. The van der Waals surface area contributed by atoms with E-state index in [0.29, 0.717) is 11.3 Å². The molecule has 1 aliphatic rings. The van der Waals surface area contributed by atoms with Crippen molar-refractivity contribution in [3.63, 3.8) is 0 Å². The van der Waals surface area contributed by atoms with Crippen molar-refractivity contribution < 1.29 is 9.59 Å². The number of benzene rings is 2. The molecule has 0 radical (unpaired) electrons. The van der Waals surface area contributed by atoms with Crippen LogP contribution in [0.2, 0.25) is 0 Å². The summed E-state index contributed by atoms with van der Waals surface area (Å²) in [5.74, 6) is -0.306. The second-order valence-electron chi connectivity index (χ2n) is 8.22. The molecule has 8 heteroatoms. The van der Waals surface area contributed by atoms with Gasteiger partial charge in [0.15, 0.2) is 0 Å². The minimum atomic E-state index is -0.294. The summed E-state index contributed by atoms with van der Waals surface area (Å²) in [5, 5.41) is 5.88. The van der Waals surface area contributed by atoms with E-state index in [1.807, 2.05) is 48.5 Å². The van der Waals surface area contributed by atoms with E-state index in [1.165, 1.54) is 16.4 Å². The van der Waals surface area contributed by atoms with E-state index >= 15 is 0 Å². The third-order valence-corrected chi connectivity index (χ3v) is 7.07. The first-order valence-corrected chi connectivity index (χ1v) is 12.1. The zero-order valence-corrected chi connectivity index (χ0v) is 19.7. The van der Waals surface area contributed by atoms with Gasteiger partial charge in [0, 0.05) is 18.0 Å². The Morgan fingerprint density at radius 3 is 2.42 bits per heavy atom. The van der Waals surface area contributed by atoms with Gasteiger partial charge in [0.25, 0.3) is 11.5 Å². The average Bonchev–Trinajstić information content (AvgIpc) is 3.41. The largest absolute Gasteiger partial charge is 0.349 e. The first-order chi connectivity index (χ1) is 16.0. The van der Waals surface area contributed by atoms with Gasteiger partial charge in [-0.15, -0.1) is 11.8 Å². The number of amides is 2. The van der Waals surface area contributed by atoms with Crippen molar-refractivity contribution in [2.45, 2.75) is 43.5 Å². The lowest BCUT2D eigenvalue weighted by Crippen LogP contribution is -2.32. The number of carbonyl (C=O) groups excluding carboxylic acids is 2. The Morgan fingerprint density at radius 2 is 1.70 bits per heavy atom. The number of hydrogen-bond acceptors (Lipinski definition) is 4. The van der Waals surface area contributed by atoms with E-state index in [-0.39, 0.29) is 34.9 Å². The molecule has 0 saturated heterocycles. The maximum Gasteiger partial charge on any atom is 0.295 e. The third-order valence-electron chi connectivity index (χ3n) is 6.00. The SMILES string of the molecule is Cc1c(NC(=O)CSc2ccccc2C(=O)NC2CCCC2)c(=O)n(-c2ccccc2)n1C. The van der Waals surface area contributed by atoms with E-state index in [0.717, 1.165) is 36.3 Å². The van der Waals surface area contributed by atoms with Crippen molar-refractivity contribution in [3.05, 3.63) is 76.2 Å². The smallest absolute Gasteiger partial charge is 0.295 e. The maximum atomic E-state index is 13.0. The number of para-hydroxylation sites is 1. The lowest BCUT2D eigenvalue weighted by molar-refractivity contribution is -0.113. The van der Waals surface area contributed by atoms with E-state index in [1.54, 1.807) is 24.7 Å². The van der Waals surface area contributed by atoms with Crippen LogP contribution in [0.3, 0.4) is 0 Å². The van der Waals surface area contributed by atoms with Crippen LogP contribution in [-0.2, 0) is 11.8 Å². The van der Waals surface area contributed by atoms with Crippen LogP contribution in [0.1, 0.15) is 41.7 Å². The van der Waals surface area contributed by atoms with Crippen molar-refractivity contribution in [1.82, 2.24) is 14.7 Å². The summed E-state index contributed by atoms with van der Waals surface area (Å²) in [6, 6.07) is 16.8. The molecule has 1 saturated carbocycles. The third kappa shape index (κ3) is 5.06. The predicted octanol–water partition coefficient (Wildman–Crippen LogP) is 3.89. The monoisotopic (exact) mass is 464 g/mol. The van der Waals surface area contributed by atoms with Gasteiger partial charge in [-0.2, -0.15) is 0 Å². The molecule has 3 aromatic rings. The van der Waals surface area contributed by atoms with Gasteiger partial charge >= 0.3 is 0 Å². The van der Waals surface area contributed by atoms with Gasteiger partial charge in [0.1, 0.15) is 5.69 Å². The van der Waals surface area contributed by atoms with Crippen molar-refractivity contribution in [1.29, 1.82) is 0 Å². The van der Waals surface area contributed by atoms with Crippen LogP contribution in [0, 0.1) is 6.92 Å². The van der Waals surface area contributed by atoms with Gasteiger partial charge in [-0.3, -0.25) is 19.1 Å². The van der Waals surface area contributed by atoms with E-state index in [9.17, 15) is 14.4 Å². The topological polar surface area (TPSA) is 85.1 Å². The minimum Gasteiger partial charge on any atom is -0.349 e. The minimum absolute atomic E-state index is 0.0901. The molecular weight excluding hydrogens is 436 g/mol. The number of nitrogens with one attached hydrogen (secondary N) is 2. The molecule has 7 nitrogen and oxygen atoms in total. The molecule has 1 aliphatic carbocycles. The second-order valence-corrected chi connectivity index (χ2v) is 9.24. The molecule has 0 atom stereocenters. The molecule has 1 heterocycles. The number of aromatic nitrogens is 2. The lowest BCUT2D eigenvalue weighted by Gasteiger charge is -2.14. The molecule has 0 aliphatic heterocycles. The summed E-state index contributed by atoms with van der Waals surface area (Å²) in [7, 11) is 1.79. The molecule has 2 aromatic carbocycles. The van der Waals surface area contributed by atoms with Crippen LogP contribution >= 0.6 is 11.8 Å². The Kier molecular flexibility index (Phi) is 7.03. The zero-order chi connectivity index (χ0) is 23.4. The molecule has 2 N–H and O–H groups in total. The Morgan fingerprint density at radius 1 is 1.03 bits per heavy atom. The second kappa shape index (κ2) is 10.1. The fraction of sp³-hybridized carbons (Fsp3) is 0.320. The van der Waals surface area contributed by atoms with Gasteiger partial charge in [-0.1, -0.05) is 43.2 Å². The molecule has 172 valence electrons. The van der Waals surface area contributed by atoms with E-state index in [2.05, 4.69) is 10.6 Å². The van der Waals surface area contributed by atoms with Gasteiger partial charge in [0.2, 0.25) is 5.91 Å². The summed E-state index contributed by atoms with van der Waals surface area (Å²) < 4.78 is 3.25. The highest BCUT2D eigenvalue weighted by molar-refractivity contribution is 8.00. The van der Waals surface area contributed by atoms with Gasteiger partial charge < -0.3 is 10.6 Å². The van der Waals surface area contributed by atoms with Crippen molar-refractivity contribution in [3.8, 4) is 5.69 Å². The summed E-state index contributed by atoms with van der Waals surface area (Å²) in [4.78, 5) is 39.2. The summed E-state index contributed by atoms with van der Waals surface area (Å²) in [6.45, 7) is 1.80. The highest BCUT2D eigenvalue weighted by Gasteiger charge is 2.21. The Hall–Kier alpha value is -3.26. The first-order valence-electron chi connectivity index (χ1n) is 11.1. The molecule has 1 fully saturated rings. The van der Waals surface area contributed by atoms with Crippen LogP contribution in [0.5, 0.6) is 0 Å². The average molecular weight is 465 g/mol. The van der Waals surface area contributed by atoms with Gasteiger partial charge in [-0.05, 0) is 44.0 Å². The Labute approximate surface area is 197 Å². The van der Waals surface area contributed by atoms with E-state index in [4.69, 9.17) is 0 Å². The normalized spacial score (nSPS) is 13.8. The molecule has 0 spiro atoms. The van der Waals surface area contributed by atoms with Crippen LogP contribution in [0.25, 0.3) is 5.69 Å². The summed E-state index contributed by atoms with van der Waals surface area (Å²) in [6.07, 6.45) is 4.32. The van der Waals surface area contributed by atoms with Crippen molar-refractivity contribution in [2.75, 3.05) is 11.1 Å². The maximum absolute atomic E-state index is 13.0. The van der Waals surface area contributed by atoms with E-state index < -0.39 is 0 Å². The molecule has 2 amide bonds. The van der Waals surface area contributed by atoms with Crippen LogP contribution < -0.4 is 16.2 Å². The predicted molar refractivity (Wildman–Crippen MR) is 131 cm³/mol. The Bertz CT molecular complexity index is 1210. The Balaban J connectivity index is 1.45. The number of anilines is 1. The molecule has 0 bridgehead atoms. The lowest BCUT2D eigenvalue weighted by atomic mass is 10.2. The molecular formula is C25H28N4O3S. The highest BCUT2D eigenvalue weighted by atomic mass is 32.2. The number of rotatable bonds is 7. The first kappa shape index (κ1) is 22.9. The van der Waals surface area contributed by atoms with Gasteiger partial charge in [-0.25, -0.2) is 4.68 Å². The number of nitrogens with zero attached hydrogens (tertiary/aromatic N) is 2. The van der Waals surface area contributed by atoms with Crippen LogP contribution in [-0.4, -0.2) is 33.0 Å². The molecule has 1 aromatic heterocycles. The highest BCUT2D eigenvalue weighted by Crippen LogP contribution is 2.25. The van der Waals surface area contributed by atoms with Crippen molar-refractivity contribution in [2.24, 2.45) is 7.05 Å². The van der Waals surface area contributed by atoms with Gasteiger partial charge in [0.05, 0.1) is 22.7 Å². The molecule has 0 unspecified atom stereocenters. The fourth-order valence-electron chi connectivity index (χ4n) is 4.14. The fourth-order valence-corrected chi connectivity index (χ4v) is 4.99. The van der Waals surface area contributed by atoms with Crippen LogP contribution in [0.4, 0.5) is 5.69 Å². The zero-order valence-electron chi connectivity index (χ0n) is 18.8. The molecule has 4 rings (SSSR count). The standard InChI is InChI=1S/C25H28N4O3S/c1-17-23(25(32)29(28(17)2)19-12-4-3-5-13-19)27-22(30)16-33-21-15-9-8-14-20(21)24(31)26-18-10-6-7-11-18/h3-5,8-9,12-15,18H,6-7,10-11,16H2,1-2H3,(H,26,31)(H,27,30). The van der Waals surface area contributed by atoms with Crippen LogP contribution in [0.15, 0.2) is 64.3 Å². The number of carbonyl (C=O) groups is 2.